The summed E-state index contributed by atoms with van der Waals surface area (Å²) in [6, 6.07) is 6.36. The minimum atomic E-state index is -0.451. The van der Waals surface area contributed by atoms with Crippen LogP contribution >= 0.6 is 0 Å². The molecule has 1 N–H and O–H groups in total. The van der Waals surface area contributed by atoms with Crippen LogP contribution in [-0.2, 0) is 13.6 Å². The molecule has 0 aliphatic carbocycles. The van der Waals surface area contributed by atoms with Gasteiger partial charge in [0.05, 0.1) is 36.0 Å². The van der Waals surface area contributed by atoms with Crippen LogP contribution in [0.1, 0.15) is 5.69 Å². The number of hydrogen-bond donors (Lipinski definition) is 1. The number of methoxy groups -OCH3 is 1. The number of aryl methyl sites for hydroxylation is 1. The lowest BCUT2D eigenvalue weighted by molar-refractivity contribution is -0.384. The summed E-state index contributed by atoms with van der Waals surface area (Å²) in [5.74, 6) is 0.441. The van der Waals surface area contributed by atoms with Crippen LogP contribution in [0.25, 0.3) is 0 Å². The van der Waals surface area contributed by atoms with Crippen LogP contribution in [-0.4, -0.2) is 21.8 Å². The van der Waals surface area contributed by atoms with Crippen LogP contribution in [0.5, 0.6) is 5.75 Å². The lowest BCUT2D eigenvalue weighted by Gasteiger charge is -2.11. The molecule has 0 aliphatic rings. The van der Waals surface area contributed by atoms with Crippen LogP contribution < -0.4 is 10.1 Å². The maximum Gasteiger partial charge on any atom is 0.273 e. The molecule has 0 amide bonds. The zero-order valence-electron chi connectivity index (χ0n) is 10.7. The number of aromatic nitrogens is 2. The second kappa shape index (κ2) is 5.38. The molecule has 0 atom stereocenters. The third-order valence-corrected chi connectivity index (χ3v) is 2.78. The molecule has 2 aromatic rings. The molecule has 7 nitrogen and oxygen atoms in total. The van der Waals surface area contributed by atoms with Crippen molar-refractivity contribution in [3.63, 3.8) is 0 Å². The molecule has 0 saturated heterocycles. The molecule has 1 heterocycles. The average molecular weight is 262 g/mol. The Hall–Kier alpha value is -2.57. The Balaban J connectivity index is 2.16. The summed E-state index contributed by atoms with van der Waals surface area (Å²) in [4.78, 5) is 10.2. The number of benzene rings is 1. The molecular weight excluding hydrogens is 248 g/mol. The van der Waals surface area contributed by atoms with Gasteiger partial charge in [-0.15, -0.1) is 0 Å². The summed E-state index contributed by atoms with van der Waals surface area (Å²) in [7, 11) is 3.33. The first-order chi connectivity index (χ1) is 9.11. The van der Waals surface area contributed by atoms with Gasteiger partial charge >= 0.3 is 0 Å². The molecule has 2 rings (SSSR count). The van der Waals surface area contributed by atoms with Gasteiger partial charge in [0, 0.05) is 19.3 Å². The topological polar surface area (TPSA) is 82.2 Å². The SMILES string of the molecule is COc1cc([N+](=O)[O-])ccc1NCc1ccnn1C. The van der Waals surface area contributed by atoms with E-state index >= 15 is 0 Å². The molecule has 0 bridgehead atoms. The maximum atomic E-state index is 10.7. The van der Waals surface area contributed by atoms with E-state index in [-0.39, 0.29) is 5.69 Å². The Bertz CT molecular complexity index is 594. The number of anilines is 1. The van der Waals surface area contributed by atoms with Gasteiger partial charge in [-0.3, -0.25) is 14.8 Å². The largest absolute Gasteiger partial charge is 0.494 e. The van der Waals surface area contributed by atoms with E-state index in [0.29, 0.717) is 18.0 Å². The van der Waals surface area contributed by atoms with E-state index in [1.54, 1.807) is 16.9 Å². The third kappa shape index (κ3) is 2.82. The minimum Gasteiger partial charge on any atom is -0.494 e. The summed E-state index contributed by atoms with van der Waals surface area (Å²) < 4.78 is 6.90. The smallest absolute Gasteiger partial charge is 0.273 e. The molecule has 7 heteroatoms. The normalized spacial score (nSPS) is 10.2. The Kier molecular flexibility index (Phi) is 3.65. The van der Waals surface area contributed by atoms with E-state index in [4.69, 9.17) is 4.74 Å². The zero-order valence-corrected chi connectivity index (χ0v) is 10.7. The van der Waals surface area contributed by atoms with Gasteiger partial charge in [0.25, 0.3) is 5.69 Å². The maximum absolute atomic E-state index is 10.7. The molecule has 0 unspecified atom stereocenters. The fourth-order valence-corrected chi connectivity index (χ4v) is 1.70. The van der Waals surface area contributed by atoms with Crippen molar-refractivity contribution in [2.24, 2.45) is 7.05 Å². The highest BCUT2D eigenvalue weighted by Gasteiger charge is 2.11. The standard InChI is InChI=1S/C12H14N4O3/c1-15-10(5-6-14-15)8-13-11-4-3-9(16(17)18)7-12(11)19-2/h3-7,13H,8H2,1-2H3. The Morgan fingerprint density at radius 2 is 2.26 bits per heavy atom. The Morgan fingerprint density at radius 1 is 1.47 bits per heavy atom. The van der Waals surface area contributed by atoms with Gasteiger partial charge in [0.1, 0.15) is 5.75 Å². The van der Waals surface area contributed by atoms with Gasteiger partial charge in [-0.05, 0) is 12.1 Å². The quantitative estimate of drug-likeness (QED) is 0.657. The Morgan fingerprint density at radius 3 is 2.84 bits per heavy atom. The molecule has 19 heavy (non-hydrogen) atoms. The molecular formula is C12H14N4O3. The highest BCUT2D eigenvalue weighted by atomic mass is 16.6. The van der Waals surface area contributed by atoms with Crippen LogP contribution in [0, 0.1) is 10.1 Å². The van der Waals surface area contributed by atoms with Gasteiger partial charge in [0.15, 0.2) is 0 Å². The lowest BCUT2D eigenvalue weighted by atomic mass is 10.2. The number of hydrogen-bond acceptors (Lipinski definition) is 5. The van der Waals surface area contributed by atoms with E-state index in [0.717, 1.165) is 5.69 Å². The van der Waals surface area contributed by atoms with Crippen molar-refractivity contribution in [3.8, 4) is 5.75 Å². The van der Waals surface area contributed by atoms with Crippen molar-refractivity contribution in [3.05, 3.63) is 46.3 Å². The zero-order chi connectivity index (χ0) is 13.8. The predicted molar refractivity (Wildman–Crippen MR) is 70.2 cm³/mol. The van der Waals surface area contributed by atoms with Gasteiger partial charge in [-0.25, -0.2) is 0 Å². The molecule has 0 radical (unpaired) electrons. The number of nitrogens with zero attached hydrogens (tertiary/aromatic N) is 3. The minimum absolute atomic E-state index is 0.00272. The molecule has 0 fully saturated rings. The highest BCUT2D eigenvalue weighted by Crippen LogP contribution is 2.29. The van der Waals surface area contributed by atoms with E-state index < -0.39 is 4.92 Å². The first kappa shape index (κ1) is 12.9. The van der Waals surface area contributed by atoms with Gasteiger partial charge in [-0.2, -0.15) is 5.10 Å². The number of rotatable bonds is 5. The number of nitrogens with one attached hydrogen (secondary N) is 1. The number of nitro groups is 1. The number of non-ortho nitro benzene ring substituents is 1. The predicted octanol–water partition coefficient (Wildman–Crippen LogP) is 1.95. The van der Waals surface area contributed by atoms with E-state index in [1.165, 1.54) is 19.2 Å². The fraction of sp³-hybridized carbons (Fsp3) is 0.250. The van der Waals surface area contributed by atoms with E-state index in [2.05, 4.69) is 10.4 Å². The van der Waals surface area contributed by atoms with Crippen molar-refractivity contribution >= 4 is 11.4 Å². The van der Waals surface area contributed by atoms with Gasteiger partial charge < -0.3 is 10.1 Å². The van der Waals surface area contributed by atoms with Gasteiger partial charge in [0.2, 0.25) is 0 Å². The molecule has 1 aromatic heterocycles. The number of ether oxygens (including phenoxy) is 1. The first-order valence-electron chi connectivity index (χ1n) is 5.65. The summed E-state index contributed by atoms with van der Waals surface area (Å²) in [5.41, 5.74) is 1.71. The average Bonchev–Trinajstić information content (AvgIpc) is 2.81. The van der Waals surface area contributed by atoms with Crippen LogP contribution in [0.2, 0.25) is 0 Å². The molecule has 100 valence electrons. The third-order valence-electron chi connectivity index (χ3n) is 2.78. The molecule has 0 aliphatic heterocycles. The molecule has 0 saturated carbocycles. The van der Waals surface area contributed by atoms with Crippen LogP contribution in [0.3, 0.4) is 0 Å². The van der Waals surface area contributed by atoms with Crippen LogP contribution in [0.15, 0.2) is 30.5 Å². The highest BCUT2D eigenvalue weighted by molar-refractivity contribution is 5.60. The second-order valence-electron chi connectivity index (χ2n) is 3.94. The monoisotopic (exact) mass is 262 g/mol. The van der Waals surface area contributed by atoms with Gasteiger partial charge in [-0.1, -0.05) is 0 Å². The van der Waals surface area contributed by atoms with Crippen molar-refractivity contribution in [2.45, 2.75) is 6.54 Å². The van der Waals surface area contributed by atoms with Crippen molar-refractivity contribution in [2.75, 3.05) is 12.4 Å². The van der Waals surface area contributed by atoms with Crippen molar-refractivity contribution in [1.29, 1.82) is 0 Å². The number of nitro benzene ring substituents is 1. The Labute approximate surface area is 110 Å². The van der Waals surface area contributed by atoms with Crippen molar-refractivity contribution < 1.29 is 9.66 Å². The lowest BCUT2D eigenvalue weighted by Crippen LogP contribution is -2.06. The molecule has 1 aromatic carbocycles. The molecule has 0 spiro atoms. The van der Waals surface area contributed by atoms with E-state index in [1.807, 2.05) is 13.1 Å². The fourth-order valence-electron chi connectivity index (χ4n) is 1.70. The second-order valence-corrected chi connectivity index (χ2v) is 3.94. The van der Waals surface area contributed by atoms with Crippen molar-refractivity contribution in [1.82, 2.24) is 9.78 Å². The first-order valence-corrected chi connectivity index (χ1v) is 5.65. The summed E-state index contributed by atoms with van der Waals surface area (Å²) >= 11 is 0. The van der Waals surface area contributed by atoms with Crippen LogP contribution in [0.4, 0.5) is 11.4 Å². The summed E-state index contributed by atoms with van der Waals surface area (Å²) in [6.45, 7) is 0.560. The van der Waals surface area contributed by atoms with E-state index in [9.17, 15) is 10.1 Å². The summed E-state index contributed by atoms with van der Waals surface area (Å²) in [6.07, 6.45) is 1.71. The summed E-state index contributed by atoms with van der Waals surface area (Å²) in [5, 5.41) is 17.9.